The molecule has 1 N–H and O–H groups in total. The normalized spacial score (nSPS) is 13.5. The van der Waals surface area contributed by atoms with Gasteiger partial charge in [0.25, 0.3) is 0 Å². The number of carbonyl (C=O) groups excluding carboxylic acids is 1. The number of ether oxygens (including phenoxy) is 1. The zero-order chi connectivity index (χ0) is 17.9. The van der Waals surface area contributed by atoms with Crippen LogP contribution in [0.4, 0.5) is 10.5 Å². The van der Waals surface area contributed by atoms with Crippen molar-refractivity contribution in [2.45, 2.75) is 45.9 Å². The van der Waals surface area contributed by atoms with E-state index in [-0.39, 0.29) is 6.09 Å². The van der Waals surface area contributed by atoms with Crippen LogP contribution in [0.3, 0.4) is 0 Å². The van der Waals surface area contributed by atoms with E-state index in [2.05, 4.69) is 22.4 Å². The fourth-order valence-electron chi connectivity index (χ4n) is 2.93. The molecule has 0 unspecified atom stereocenters. The molecule has 5 nitrogen and oxygen atoms in total. The third-order valence-electron chi connectivity index (χ3n) is 4.11. The summed E-state index contributed by atoms with van der Waals surface area (Å²) < 4.78 is 5.49. The lowest BCUT2D eigenvalue weighted by molar-refractivity contribution is 0.0242. The predicted octanol–water partition coefficient (Wildman–Crippen LogP) is 3.99. The van der Waals surface area contributed by atoms with E-state index in [0.29, 0.717) is 13.1 Å². The maximum absolute atomic E-state index is 12.3. The van der Waals surface area contributed by atoms with E-state index in [1.54, 1.807) is 4.90 Å². The number of fused-ring (bicyclic) bond motifs is 1. The second kappa shape index (κ2) is 7.13. The lowest BCUT2D eigenvalue weighted by Gasteiger charge is -2.24. The smallest absolute Gasteiger partial charge is 0.410 e. The first kappa shape index (κ1) is 17.3. The Morgan fingerprint density at radius 3 is 2.68 bits per heavy atom. The SMILES string of the molecule is CC(C)(C)OC(=O)N1Cc2cccc(NCCc3ccncc3)c2C1. The van der Waals surface area contributed by atoms with Crippen molar-refractivity contribution in [3.05, 3.63) is 59.4 Å². The number of carbonyl (C=O) groups is 1. The molecule has 2 heterocycles. The lowest BCUT2D eigenvalue weighted by atomic mass is 10.1. The highest BCUT2D eigenvalue weighted by molar-refractivity contribution is 5.71. The number of rotatable bonds is 4. The molecule has 1 aliphatic heterocycles. The summed E-state index contributed by atoms with van der Waals surface area (Å²) in [6.07, 6.45) is 4.30. The summed E-state index contributed by atoms with van der Waals surface area (Å²) in [7, 11) is 0. The summed E-state index contributed by atoms with van der Waals surface area (Å²) in [4.78, 5) is 18.1. The molecule has 132 valence electrons. The van der Waals surface area contributed by atoms with Gasteiger partial charge in [0.05, 0.1) is 6.54 Å². The first-order valence-corrected chi connectivity index (χ1v) is 8.64. The van der Waals surface area contributed by atoms with Crippen LogP contribution >= 0.6 is 0 Å². The molecule has 0 saturated carbocycles. The molecule has 0 radical (unpaired) electrons. The van der Waals surface area contributed by atoms with Crippen LogP contribution in [0.1, 0.15) is 37.5 Å². The van der Waals surface area contributed by atoms with Gasteiger partial charge in [0.1, 0.15) is 5.60 Å². The van der Waals surface area contributed by atoms with Crippen LogP contribution in [0.25, 0.3) is 0 Å². The number of benzene rings is 1. The van der Waals surface area contributed by atoms with Crippen LogP contribution in [-0.4, -0.2) is 28.1 Å². The summed E-state index contributed by atoms with van der Waals surface area (Å²) in [6, 6.07) is 10.2. The van der Waals surface area contributed by atoms with E-state index < -0.39 is 5.60 Å². The Balaban J connectivity index is 1.62. The Hall–Kier alpha value is -2.56. The fourth-order valence-corrected chi connectivity index (χ4v) is 2.93. The minimum Gasteiger partial charge on any atom is -0.444 e. The van der Waals surface area contributed by atoms with Crippen molar-refractivity contribution in [3.8, 4) is 0 Å². The Morgan fingerprint density at radius 2 is 1.96 bits per heavy atom. The highest BCUT2D eigenvalue weighted by atomic mass is 16.6. The van der Waals surface area contributed by atoms with Crippen molar-refractivity contribution in [2.24, 2.45) is 0 Å². The topological polar surface area (TPSA) is 54.5 Å². The number of nitrogens with one attached hydrogen (secondary N) is 1. The van der Waals surface area contributed by atoms with Crippen molar-refractivity contribution >= 4 is 11.8 Å². The van der Waals surface area contributed by atoms with Gasteiger partial charge < -0.3 is 10.1 Å². The van der Waals surface area contributed by atoms with Gasteiger partial charge in [0.15, 0.2) is 0 Å². The van der Waals surface area contributed by atoms with Gasteiger partial charge in [0, 0.05) is 31.2 Å². The zero-order valence-electron chi connectivity index (χ0n) is 15.1. The Kier molecular flexibility index (Phi) is 4.93. The number of hydrogen-bond donors (Lipinski definition) is 1. The number of hydrogen-bond acceptors (Lipinski definition) is 4. The summed E-state index contributed by atoms with van der Waals surface area (Å²) in [5.74, 6) is 0. The number of pyridine rings is 1. The molecule has 0 saturated heterocycles. The molecule has 0 spiro atoms. The standard InChI is InChI=1S/C20H25N3O2/c1-20(2,3)25-19(24)23-13-16-5-4-6-18(17(16)14-23)22-12-9-15-7-10-21-11-8-15/h4-8,10-11,22H,9,12-14H2,1-3H3. The molecule has 1 aromatic carbocycles. The molecule has 25 heavy (non-hydrogen) atoms. The molecule has 1 aliphatic rings. The van der Waals surface area contributed by atoms with Crippen molar-refractivity contribution < 1.29 is 9.53 Å². The highest BCUT2D eigenvalue weighted by Crippen LogP contribution is 2.30. The average Bonchev–Trinajstić information content (AvgIpc) is 3.00. The van der Waals surface area contributed by atoms with Gasteiger partial charge in [-0.1, -0.05) is 12.1 Å². The summed E-state index contributed by atoms with van der Waals surface area (Å²) in [5, 5.41) is 3.50. The van der Waals surface area contributed by atoms with Gasteiger partial charge in [-0.15, -0.1) is 0 Å². The Bertz CT molecular complexity index is 738. The highest BCUT2D eigenvalue weighted by Gasteiger charge is 2.28. The summed E-state index contributed by atoms with van der Waals surface area (Å²) in [6.45, 7) is 7.69. The van der Waals surface area contributed by atoms with Gasteiger partial charge in [-0.2, -0.15) is 0 Å². The molecule has 1 aromatic heterocycles. The molecular weight excluding hydrogens is 314 g/mol. The summed E-state index contributed by atoms with van der Waals surface area (Å²) >= 11 is 0. The largest absolute Gasteiger partial charge is 0.444 e. The van der Waals surface area contributed by atoms with Crippen molar-refractivity contribution in [1.29, 1.82) is 0 Å². The first-order chi connectivity index (χ1) is 11.9. The molecule has 2 aromatic rings. The van der Waals surface area contributed by atoms with Gasteiger partial charge in [0.2, 0.25) is 0 Å². The lowest BCUT2D eigenvalue weighted by Crippen LogP contribution is -2.33. The Labute approximate surface area is 149 Å². The number of amides is 1. The quantitative estimate of drug-likeness (QED) is 0.915. The second-order valence-electron chi connectivity index (χ2n) is 7.31. The van der Waals surface area contributed by atoms with Crippen LogP contribution in [0, 0.1) is 0 Å². The average molecular weight is 339 g/mol. The Morgan fingerprint density at radius 1 is 1.20 bits per heavy atom. The van der Waals surface area contributed by atoms with Crippen molar-refractivity contribution in [3.63, 3.8) is 0 Å². The monoisotopic (exact) mass is 339 g/mol. The van der Waals surface area contributed by atoms with Gasteiger partial charge in [-0.25, -0.2) is 4.79 Å². The third kappa shape index (κ3) is 4.50. The zero-order valence-corrected chi connectivity index (χ0v) is 15.1. The van der Waals surface area contributed by atoms with E-state index in [1.807, 2.05) is 51.4 Å². The number of nitrogens with zero attached hydrogens (tertiary/aromatic N) is 2. The molecule has 0 fully saturated rings. The van der Waals surface area contributed by atoms with Crippen LogP contribution in [0.15, 0.2) is 42.7 Å². The van der Waals surface area contributed by atoms with Crippen LogP contribution in [0.2, 0.25) is 0 Å². The van der Waals surface area contributed by atoms with Crippen LogP contribution in [-0.2, 0) is 24.2 Å². The van der Waals surface area contributed by atoms with Gasteiger partial charge in [-0.3, -0.25) is 9.88 Å². The van der Waals surface area contributed by atoms with Gasteiger partial charge in [-0.05, 0) is 62.1 Å². The second-order valence-corrected chi connectivity index (χ2v) is 7.31. The van der Waals surface area contributed by atoms with E-state index in [0.717, 1.165) is 18.7 Å². The molecular formula is C20H25N3O2. The maximum Gasteiger partial charge on any atom is 0.410 e. The predicted molar refractivity (Wildman–Crippen MR) is 98.4 cm³/mol. The molecule has 1 amide bonds. The molecule has 5 heteroatoms. The summed E-state index contributed by atoms with van der Waals surface area (Å²) in [5.41, 5.74) is 4.24. The molecule has 3 rings (SSSR count). The van der Waals surface area contributed by atoms with Gasteiger partial charge >= 0.3 is 6.09 Å². The minimum atomic E-state index is -0.475. The molecule has 0 bridgehead atoms. The van der Waals surface area contributed by atoms with E-state index in [1.165, 1.54) is 16.7 Å². The number of anilines is 1. The van der Waals surface area contributed by atoms with Crippen LogP contribution in [0.5, 0.6) is 0 Å². The van der Waals surface area contributed by atoms with Crippen molar-refractivity contribution in [2.75, 3.05) is 11.9 Å². The number of aromatic nitrogens is 1. The minimum absolute atomic E-state index is 0.258. The molecule has 0 aliphatic carbocycles. The van der Waals surface area contributed by atoms with E-state index in [9.17, 15) is 4.79 Å². The third-order valence-corrected chi connectivity index (χ3v) is 4.11. The van der Waals surface area contributed by atoms with E-state index >= 15 is 0 Å². The van der Waals surface area contributed by atoms with Crippen molar-refractivity contribution in [1.82, 2.24) is 9.88 Å². The first-order valence-electron chi connectivity index (χ1n) is 8.64. The molecule has 0 atom stereocenters. The van der Waals surface area contributed by atoms with E-state index in [4.69, 9.17) is 4.74 Å². The maximum atomic E-state index is 12.3. The van der Waals surface area contributed by atoms with Crippen LogP contribution < -0.4 is 5.32 Å². The fraction of sp³-hybridized carbons (Fsp3) is 0.400.